The summed E-state index contributed by atoms with van der Waals surface area (Å²) in [5, 5.41) is 0.155. The van der Waals surface area contributed by atoms with Crippen molar-refractivity contribution in [1.82, 2.24) is 9.55 Å². The van der Waals surface area contributed by atoms with Gasteiger partial charge in [0.1, 0.15) is 5.82 Å². The number of rotatable bonds is 2. The van der Waals surface area contributed by atoms with Crippen LogP contribution in [-0.2, 0) is 6.54 Å². The Hall–Kier alpha value is -1.35. The monoisotopic (exact) mass is 210 g/mol. The first kappa shape index (κ1) is 9.21. The highest BCUT2D eigenvalue weighted by Gasteiger charge is 2.00. The van der Waals surface area contributed by atoms with Gasteiger partial charge >= 0.3 is 0 Å². The highest BCUT2D eigenvalue weighted by Crippen LogP contribution is 2.16. The van der Waals surface area contributed by atoms with E-state index in [1.54, 1.807) is 24.7 Å². The number of hydrogen-bond acceptors (Lipinski definition) is 1. The number of aromatic nitrogens is 2. The van der Waals surface area contributed by atoms with E-state index < -0.39 is 0 Å². The molecule has 0 saturated carbocycles. The van der Waals surface area contributed by atoms with Crippen LogP contribution in [0.2, 0.25) is 5.02 Å². The van der Waals surface area contributed by atoms with Gasteiger partial charge in [0.15, 0.2) is 0 Å². The summed E-state index contributed by atoms with van der Waals surface area (Å²) in [6, 6.07) is 4.70. The summed E-state index contributed by atoms with van der Waals surface area (Å²) in [6.07, 6.45) is 5.25. The first-order valence-electron chi connectivity index (χ1n) is 4.15. The van der Waals surface area contributed by atoms with Gasteiger partial charge in [-0.1, -0.05) is 17.7 Å². The molecule has 0 atom stereocenters. The number of benzene rings is 1. The van der Waals surface area contributed by atoms with Crippen molar-refractivity contribution in [3.05, 3.63) is 53.3 Å². The molecule has 0 unspecified atom stereocenters. The molecule has 72 valence electrons. The predicted molar refractivity (Wildman–Crippen MR) is 52.7 cm³/mol. The van der Waals surface area contributed by atoms with Crippen molar-refractivity contribution < 1.29 is 4.39 Å². The normalized spacial score (nSPS) is 10.4. The van der Waals surface area contributed by atoms with Crippen LogP contribution < -0.4 is 0 Å². The largest absolute Gasteiger partial charge is 0.333 e. The molecule has 0 saturated heterocycles. The molecule has 1 aromatic heterocycles. The van der Waals surface area contributed by atoms with Crippen molar-refractivity contribution in [2.75, 3.05) is 0 Å². The van der Waals surface area contributed by atoms with Crippen molar-refractivity contribution in [1.29, 1.82) is 0 Å². The van der Waals surface area contributed by atoms with Gasteiger partial charge in [0, 0.05) is 18.9 Å². The van der Waals surface area contributed by atoms with Crippen molar-refractivity contribution in [3.8, 4) is 0 Å². The fourth-order valence-electron chi connectivity index (χ4n) is 1.23. The highest BCUT2D eigenvalue weighted by atomic mass is 35.5. The molecule has 4 heteroatoms. The highest BCUT2D eigenvalue weighted by molar-refractivity contribution is 6.30. The van der Waals surface area contributed by atoms with E-state index in [-0.39, 0.29) is 10.8 Å². The lowest BCUT2D eigenvalue weighted by Gasteiger charge is -2.03. The quantitative estimate of drug-likeness (QED) is 0.745. The zero-order valence-electron chi connectivity index (χ0n) is 7.32. The lowest BCUT2D eigenvalue weighted by molar-refractivity contribution is 0.626. The topological polar surface area (TPSA) is 17.8 Å². The average Bonchev–Trinajstić information content (AvgIpc) is 2.64. The predicted octanol–water partition coefficient (Wildman–Crippen LogP) is 2.72. The molecule has 14 heavy (non-hydrogen) atoms. The third kappa shape index (κ3) is 1.93. The van der Waals surface area contributed by atoms with Crippen LogP contribution in [0.5, 0.6) is 0 Å². The smallest absolute Gasteiger partial charge is 0.141 e. The van der Waals surface area contributed by atoms with E-state index in [1.165, 1.54) is 6.07 Å². The average molecular weight is 211 g/mol. The third-order valence-electron chi connectivity index (χ3n) is 1.91. The molecule has 0 spiro atoms. The minimum Gasteiger partial charge on any atom is -0.333 e. The number of hydrogen-bond donors (Lipinski definition) is 0. The lowest BCUT2D eigenvalue weighted by Crippen LogP contribution is -1.96. The first-order chi connectivity index (χ1) is 6.75. The molecule has 0 radical (unpaired) electrons. The second-order valence-corrected chi connectivity index (χ2v) is 3.39. The van der Waals surface area contributed by atoms with E-state index in [2.05, 4.69) is 4.98 Å². The summed E-state index contributed by atoms with van der Waals surface area (Å²) >= 11 is 5.65. The molecular formula is C10H8ClFN2. The molecule has 0 N–H and O–H groups in total. The maximum Gasteiger partial charge on any atom is 0.141 e. The van der Waals surface area contributed by atoms with E-state index in [0.717, 1.165) is 5.56 Å². The molecule has 2 nitrogen and oxygen atoms in total. The van der Waals surface area contributed by atoms with Gasteiger partial charge in [0.2, 0.25) is 0 Å². The van der Waals surface area contributed by atoms with E-state index in [1.807, 2.05) is 10.8 Å². The number of imidazole rings is 1. The molecule has 0 bridgehead atoms. The van der Waals surface area contributed by atoms with E-state index in [9.17, 15) is 4.39 Å². The van der Waals surface area contributed by atoms with Crippen LogP contribution in [0.4, 0.5) is 4.39 Å². The molecule has 1 aromatic carbocycles. The summed E-state index contributed by atoms with van der Waals surface area (Å²) in [6.45, 7) is 0.653. The molecule has 2 aromatic rings. The third-order valence-corrected chi connectivity index (χ3v) is 2.20. The molecule has 0 aliphatic rings. The summed E-state index contributed by atoms with van der Waals surface area (Å²) in [5.41, 5.74) is 0.953. The van der Waals surface area contributed by atoms with Gasteiger partial charge < -0.3 is 4.57 Å². The summed E-state index contributed by atoms with van der Waals surface area (Å²) in [4.78, 5) is 3.91. The minimum atomic E-state index is -0.388. The van der Waals surface area contributed by atoms with Gasteiger partial charge in [-0.05, 0) is 17.7 Å². The van der Waals surface area contributed by atoms with Crippen LogP contribution in [0.3, 0.4) is 0 Å². The fraction of sp³-hybridized carbons (Fsp3) is 0.100. The lowest BCUT2D eigenvalue weighted by atomic mass is 10.2. The summed E-state index contributed by atoms with van der Waals surface area (Å²) < 4.78 is 14.7. The van der Waals surface area contributed by atoms with Gasteiger partial charge in [0.05, 0.1) is 11.3 Å². The minimum absolute atomic E-state index is 0.155. The van der Waals surface area contributed by atoms with Crippen LogP contribution in [0.15, 0.2) is 36.9 Å². The molecule has 0 amide bonds. The van der Waals surface area contributed by atoms with Crippen molar-refractivity contribution in [3.63, 3.8) is 0 Å². The van der Waals surface area contributed by atoms with Gasteiger partial charge in [0.25, 0.3) is 0 Å². The summed E-state index contributed by atoms with van der Waals surface area (Å²) in [5.74, 6) is -0.388. The molecule has 0 aliphatic heterocycles. The van der Waals surface area contributed by atoms with E-state index in [4.69, 9.17) is 11.6 Å². The standard InChI is InChI=1S/C10H8ClFN2/c11-9-5-8(1-2-10(9)12)6-14-4-3-13-7-14/h1-5,7H,6H2. The molecule has 2 rings (SSSR count). The van der Waals surface area contributed by atoms with Gasteiger partial charge in [-0.3, -0.25) is 0 Å². The number of nitrogens with zero attached hydrogens (tertiary/aromatic N) is 2. The Morgan fingerprint density at radius 2 is 2.29 bits per heavy atom. The first-order valence-corrected chi connectivity index (χ1v) is 4.53. The Morgan fingerprint density at radius 3 is 2.93 bits per heavy atom. The van der Waals surface area contributed by atoms with Crippen molar-refractivity contribution in [2.45, 2.75) is 6.54 Å². The van der Waals surface area contributed by atoms with E-state index >= 15 is 0 Å². The Labute approximate surface area is 86.0 Å². The molecule has 1 heterocycles. The second-order valence-electron chi connectivity index (χ2n) is 2.98. The zero-order valence-corrected chi connectivity index (χ0v) is 8.08. The Kier molecular flexibility index (Phi) is 2.50. The van der Waals surface area contributed by atoms with Crippen LogP contribution in [0.1, 0.15) is 5.56 Å². The van der Waals surface area contributed by atoms with Crippen LogP contribution in [0.25, 0.3) is 0 Å². The van der Waals surface area contributed by atoms with Crippen LogP contribution >= 0.6 is 11.6 Å². The number of halogens is 2. The fourth-order valence-corrected chi connectivity index (χ4v) is 1.43. The summed E-state index contributed by atoms with van der Waals surface area (Å²) in [7, 11) is 0. The SMILES string of the molecule is Fc1ccc(Cn2ccnc2)cc1Cl. The van der Waals surface area contributed by atoms with Gasteiger partial charge in [-0.2, -0.15) is 0 Å². The van der Waals surface area contributed by atoms with E-state index in [0.29, 0.717) is 6.54 Å². The van der Waals surface area contributed by atoms with Gasteiger partial charge in [-0.25, -0.2) is 9.37 Å². The maximum atomic E-state index is 12.8. The van der Waals surface area contributed by atoms with Gasteiger partial charge in [-0.15, -0.1) is 0 Å². The Morgan fingerprint density at radius 1 is 1.43 bits per heavy atom. The molecule has 0 aliphatic carbocycles. The van der Waals surface area contributed by atoms with Crippen molar-refractivity contribution in [2.24, 2.45) is 0 Å². The molecule has 0 fully saturated rings. The maximum absolute atomic E-state index is 12.8. The van der Waals surface area contributed by atoms with Crippen molar-refractivity contribution >= 4 is 11.6 Å². The Balaban J connectivity index is 2.22. The van der Waals surface area contributed by atoms with Crippen LogP contribution in [-0.4, -0.2) is 9.55 Å². The second kappa shape index (κ2) is 3.80. The van der Waals surface area contributed by atoms with Crippen LogP contribution in [0, 0.1) is 5.82 Å². The zero-order chi connectivity index (χ0) is 9.97. The molecular weight excluding hydrogens is 203 g/mol. The Bertz CT molecular complexity index is 426.